The zero-order chi connectivity index (χ0) is 8.27. The highest BCUT2D eigenvalue weighted by molar-refractivity contribution is 5.78. The highest BCUT2D eigenvalue weighted by Gasteiger charge is 2.20. The van der Waals surface area contributed by atoms with Crippen molar-refractivity contribution in [2.45, 2.75) is 31.8 Å². The molecule has 0 heterocycles. The molecule has 3 heteroatoms. The third-order valence-corrected chi connectivity index (χ3v) is 1.48. The lowest BCUT2D eigenvalue weighted by molar-refractivity contribution is 0.814. The van der Waals surface area contributed by atoms with Crippen LogP contribution in [0, 0.1) is 12.3 Å². The van der Waals surface area contributed by atoms with Gasteiger partial charge in [-0.2, -0.15) is 0 Å². The summed E-state index contributed by atoms with van der Waals surface area (Å²) in [7, 11) is 0. The predicted molar refractivity (Wildman–Crippen MR) is 46.1 cm³/mol. The highest BCUT2D eigenvalue weighted by Crippen LogP contribution is 2.22. The van der Waals surface area contributed by atoms with Crippen LogP contribution in [0.1, 0.15) is 19.8 Å². The smallest absolute Gasteiger partial charge is 0.189 e. The Labute approximate surface area is 67.1 Å². The van der Waals surface area contributed by atoms with Crippen LogP contribution >= 0.6 is 0 Å². The molecule has 1 saturated carbocycles. The summed E-state index contributed by atoms with van der Waals surface area (Å²) in [4.78, 5) is 4.16. The molecule has 0 saturated heterocycles. The summed E-state index contributed by atoms with van der Waals surface area (Å²) in [5.41, 5.74) is 5.53. The number of rotatable bonds is 2. The molecule has 0 aromatic rings. The van der Waals surface area contributed by atoms with Crippen LogP contribution in [0.5, 0.6) is 0 Å². The summed E-state index contributed by atoms with van der Waals surface area (Å²) in [5.74, 6) is 2.99. The van der Waals surface area contributed by atoms with Gasteiger partial charge in [0.25, 0.3) is 0 Å². The second-order valence-electron chi connectivity index (χ2n) is 2.78. The van der Waals surface area contributed by atoms with Crippen molar-refractivity contribution in [3.05, 3.63) is 0 Å². The summed E-state index contributed by atoms with van der Waals surface area (Å²) >= 11 is 0. The maximum atomic E-state index is 5.53. The van der Waals surface area contributed by atoms with Crippen molar-refractivity contribution in [2.75, 3.05) is 0 Å². The average molecular weight is 151 g/mol. The SMILES string of the molecule is C#CC(C)NC(N)=NC1CC1. The largest absolute Gasteiger partial charge is 0.370 e. The van der Waals surface area contributed by atoms with E-state index in [2.05, 4.69) is 16.2 Å². The van der Waals surface area contributed by atoms with Gasteiger partial charge in [-0.3, -0.25) is 4.99 Å². The summed E-state index contributed by atoms with van der Waals surface area (Å²) in [6.45, 7) is 1.87. The van der Waals surface area contributed by atoms with E-state index in [1.807, 2.05) is 6.92 Å². The second kappa shape index (κ2) is 3.29. The van der Waals surface area contributed by atoms with E-state index in [0.717, 1.165) is 12.8 Å². The number of nitrogens with two attached hydrogens (primary N) is 1. The molecule has 1 rings (SSSR count). The van der Waals surface area contributed by atoms with Gasteiger partial charge in [0.1, 0.15) is 0 Å². The molecule has 11 heavy (non-hydrogen) atoms. The Bertz CT molecular complexity index is 198. The topological polar surface area (TPSA) is 50.4 Å². The lowest BCUT2D eigenvalue weighted by Crippen LogP contribution is -2.37. The molecule has 1 fully saturated rings. The molecule has 0 bridgehead atoms. The minimum Gasteiger partial charge on any atom is -0.370 e. The Morgan fingerprint density at radius 2 is 2.45 bits per heavy atom. The van der Waals surface area contributed by atoms with Gasteiger partial charge in [0, 0.05) is 0 Å². The molecule has 0 aromatic carbocycles. The van der Waals surface area contributed by atoms with Crippen molar-refractivity contribution in [3.8, 4) is 12.3 Å². The zero-order valence-electron chi connectivity index (χ0n) is 6.67. The molecule has 0 radical (unpaired) electrons. The molecule has 0 aliphatic heterocycles. The first-order valence-electron chi connectivity index (χ1n) is 3.78. The van der Waals surface area contributed by atoms with Crippen LogP contribution in [0.2, 0.25) is 0 Å². The van der Waals surface area contributed by atoms with E-state index in [1.54, 1.807) is 0 Å². The van der Waals surface area contributed by atoms with E-state index in [-0.39, 0.29) is 6.04 Å². The fourth-order valence-corrected chi connectivity index (χ4v) is 0.701. The van der Waals surface area contributed by atoms with Gasteiger partial charge in [-0.05, 0) is 19.8 Å². The van der Waals surface area contributed by atoms with Gasteiger partial charge in [-0.1, -0.05) is 5.92 Å². The Morgan fingerprint density at radius 3 is 2.91 bits per heavy atom. The van der Waals surface area contributed by atoms with Gasteiger partial charge < -0.3 is 11.1 Å². The highest BCUT2D eigenvalue weighted by atomic mass is 15.1. The van der Waals surface area contributed by atoms with Crippen LogP contribution in [-0.4, -0.2) is 18.0 Å². The van der Waals surface area contributed by atoms with Crippen molar-refractivity contribution >= 4 is 5.96 Å². The number of hydrogen-bond acceptors (Lipinski definition) is 1. The Hall–Kier alpha value is -1.17. The van der Waals surface area contributed by atoms with Crippen LogP contribution in [0.4, 0.5) is 0 Å². The molecule has 3 N–H and O–H groups in total. The van der Waals surface area contributed by atoms with E-state index in [9.17, 15) is 0 Å². The van der Waals surface area contributed by atoms with Gasteiger partial charge in [0.2, 0.25) is 0 Å². The van der Waals surface area contributed by atoms with E-state index in [1.165, 1.54) is 0 Å². The molecular weight excluding hydrogens is 138 g/mol. The number of aliphatic imine (C=N–C) groups is 1. The number of hydrogen-bond donors (Lipinski definition) is 2. The molecular formula is C8H13N3. The third kappa shape index (κ3) is 2.94. The Balaban J connectivity index is 2.30. The first kappa shape index (κ1) is 7.93. The van der Waals surface area contributed by atoms with Gasteiger partial charge in [-0.15, -0.1) is 6.42 Å². The maximum absolute atomic E-state index is 5.53. The molecule has 0 spiro atoms. The van der Waals surface area contributed by atoms with Crippen LogP contribution in [0.3, 0.4) is 0 Å². The first-order chi connectivity index (χ1) is 5.22. The molecule has 1 aliphatic carbocycles. The lowest BCUT2D eigenvalue weighted by atomic mass is 10.4. The van der Waals surface area contributed by atoms with E-state index >= 15 is 0 Å². The van der Waals surface area contributed by atoms with Crippen LogP contribution < -0.4 is 11.1 Å². The first-order valence-corrected chi connectivity index (χ1v) is 3.78. The van der Waals surface area contributed by atoms with E-state index in [4.69, 9.17) is 12.2 Å². The van der Waals surface area contributed by atoms with Gasteiger partial charge in [0.05, 0.1) is 12.1 Å². The molecule has 0 aromatic heterocycles. The molecule has 3 nitrogen and oxygen atoms in total. The Kier molecular flexibility index (Phi) is 2.37. The lowest BCUT2D eigenvalue weighted by Gasteiger charge is -2.06. The normalized spacial score (nSPS) is 20.5. The fraction of sp³-hybridized carbons (Fsp3) is 0.625. The van der Waals surface area contributed by atoms with E-state index < -0.39 is 0 Å². The number of guanidine groups is 1. The summed E-state index contributed by atoms with van der Waals surface area (Å²) in [6.07, 6.45) is 7.46. The van der Waals surface area contributed by atoms with Crippen molar-refractivity contribution in [1.29, 1.82) is 0 Å². The maximum Gasteiger partial charge on any atom is 0.189 e. The van der Waals surface area contributed by atoms with Crippen molar-refractivity contribution in [2.24, 2.45) is 10.7 Å². The van der Waals surface area contributed by atoms with Gasteiger partial charge >= 0.3 is 0 Å². The molecule has 1 aliphatic rings. The monoisotopic (exact) mass is 151 g/mol. The van der Waals surface area contributed by atoms with Crippen molar-refractivity contribution < 1.29 is 0 Å². The molecule has 0 amide bonds. The average Bonchev–Trinajstić information content (AvgIpc) is 2.71. The fourth-order valence-electron chi connectivity index (χ4n) is 0.701. The number of terminal acetylenes is 1. The quantitative estimate of drug-likeness (QED) is 0.333. The van der Waals surface area contributed by atoms with Gasteiger partial charge in [0.15, 0.2) is 5.96 Å². The Morgan fingerprint density at radius 1 is 1.82 bits per heavy atom. The standard InChI is InChI=1S/C8H13N3/c1-3-6(2)10-8(9)11-7-4-5-7/h1,6-7H,4-5H2,2H3,(H3,9,10,11). The van der Waals surface area contributed by atoms with Crippen LogP contribution in [-0.2, 0) is 0 Å². The summed E-state index contributed by atoms with van der Waals surface area (Å²) < 4.78 is 0. The molecule has 1 unspecified atom stereocenters. The van der Waals surface area contributed by atoms with Crippen LogP contribution in [0.25, 0.3) is 0 Å². The number of nitrogens with one attached hydrogen (secondary N) is 1. The summed E-state index contributed by atoms with van der Waals surface area (Å²) in [5, 5.41) is 2.89. The molecule has 1 atom stereocenters. The third-order valence-electron chi connectivity index (χ3n) is 1.48. The minimum absolute atomic E-state index is 0.0301. The second-order valence-corrected chi connectivity index (χ2v) is 2.78. The summed E-state index contributed by atoms with van der Waals surface area (Å²) in [6, 6.07) is 0.421. The zero-order valence-corrected chi connectivity index (χ0v) is 6.67. The van der Waals surface area contributed by atoms with Crippen LogP contribution in [0.15, 0.2) is 4.99 Å². The van der Waals surface area contributed by atoms with E-state index in [0.29, 0.717) is 12.0 Å². The number of nitrogens with zero attached hydrogens (tertiary/aromatic N) is 1. The minimum atomic E-state index is -0.0301. The van der Waals surface area contributed by atoms with Crippen molar-refractivity contribution in [1.82, 2.24) is 5.32 Å². The van der Waals surface area contributed by atoms with Gasteiger partial charge in [-0.25, -0.2) is 0 Å². The van der Waals surface area contributed by atoms with Crippen molar-refractivity contribution in [3.63, 3.8) is 0 Å². The predicted octanol–water partition coefficient (Wildman–Crippen LogP) is 0.0748. The molecule has 60 valence electrons.